The monoisotopic (exact) mass is 321 g/mol. The van der Waals surface area contributed by atoms with E-state index in [2.05, 4.69) is 17.0 Å². The average molecular weight is 322 g/mol. The molecule has 0 aromatic heterocycles. The summed E-state index contributed by atoms with van der Waals surface area (Å²) in [5.74, 6) is 2.69. The second-order valence-electron chi connectivity index (χ2n) is 5.69. The zero-order chi connectivity index (χ0) is 14.4. The number of thioether (sulfide) groups is 1. The Kier molecular flexibility index (Phi) is 6.61. The van der Waals surface area contributed by atoms with Crippen LogP contribution in [0.4, 0.5) is 0 Å². The van der Waals surface area contributed by atoms with Crippen LogP contribution in [0.3, 0.4) is 0 Å². The van der Waals surface area contributed by atoms with Crippen LogP contribution < -0.4 is 10.0 Å². The van der Waals surface area contributed by atoms with E-state index in [0.717, 1.165) is 50.3 Å². The van der Waals surface area contributed by atoms with Crippen molar-refractivity contribution >= 4 is 22.0 Å². The average Bonchev–Trinajstić information content (AvgIpc) is 2.46. The van der Waals surface area contributed by atoms with Crippen LogP contribution in [0.25, 0.3) is 0 Å². The summed E-state index contributed by atoms with van der Waals surface area (Å²) < 4.78 is 29.2. The van der Waals surface area contributed by atoms with Crippen LogP contribution in [0.5, 0.6) is 0 Å². The first kappa shape index (κ1) is 16.5. The number of rotatable bonds is 6. The molecule has 0 saturated carbocycles. The van der Waals surface area contributed by atoms with E-state index in [1.54, 1.807) is 4.31 Å². The highest BCUT2D eigenvalue weighted by Crippen LogP contribution is 2.21. The fraction of sp³-hybridized carbons (Fsp3) is 1.00. The third-order valence-electron chi connectivity index (χ3n) is 4.07. The van der Waals surface area contributed by atoms with E-state index in [4.69, 9.17) is 0 Å². The summed E-state index contributed by atoms with van der Waals surface area (Å²) in [6, 6.07) is 0.123. The molecule has 2 aliphatic rings. The predicted molar refractivity (Wildman–Crippen MR) is 85.2 cm³/mol. The van der Waals surface area contributed by atoms with Gasteiger partial charge in [-0.25, -0.2) is 0 Å². The first-order chi connectivity index (χ1) is 9.62. The molecular formula is C13H27N3O2S2. The first-order valence-electron chi connectivity index (χ1n) is 7.67. The molecule has 0 aromatic carbocycles. The molecule has 2 heterocycles. The Morgan fingerprint density at radius 3 is 2.60 bits per heavy atom. The van der Waals surface area contributed by atoms with Gasteiger partial charge in [0, 0.05) is 24.9 Å². The summed E-state index contributed by atoms with van der Waals surface area (Å²) >= 11 is 1.85. The maximum atomic E-state index is 12.4. The number of hydrogen-bond donors (Lipinski definition) is 2. The van der Waals surface area contributed by atoms with Crippen molar-refractivity contribution in [2.75, 3.05) is 37.7 Å². The Bertz CT molecular complexity index is 375. The van der Waals surface area contributed by atoms with E-state index < -0.39 is 10.2 Å². The molecule has 0 radical (unpaired) electrons. The SMILES string of the molecule is CCNCC1CCN(S(=O)(=O)NC2CCCSC2)CC1. The van der Waals surface area contributed by atoms with E-state index in [0.29, 0.717) is 19.0 Å². The van der Waals surface area contributed by atoms with Gasteiger partial charge < -0.3 is 5.32 Å². The molecule has 2 saturated heterocycles. The van der Waals surface area contributed by atoms with Crippen LogP contribution in [0.2, 0.25) is 0 Å². The third kappa shape index (κ3) is 4.87. The number of nitrogens with one attached hydrogen (secondary N) is 2. The van der Waals surface area contributed by atoms with Crippen LogP contribution in [0, 0.1) is 5.92 Å². The fourth-order valence-electron chi connectivity index (χ4n) is 2.82. The highest BCUT2D eigenvalue weighted by Gasteiger charge is 2.30. The van der Waals surface area contributed by atoms with Gasteiger partial charge >= 0.3 is 0 Å². The van der Waals surface area contributed by atoms with Crippen molar-refractivity contribution in [2.45, 2.75) is 38.6 Å². The van der Waals surface area contributed by atoms with Crippen molar-refractivity contribution in [1.29, 1.82) is 0 Å². The van der Waals surface area contributed by atoms with Crippen LogP contribution >= 0.6 is 11.8 Å². The lowest BCUT2D eigenvalue weighted by atomic mass is 9.98. The lowest BCUT2D eigenvalue weighted by Crippen LogP contribution is -2.50. The minimum Gasteiger partial charge on any atom is -0.317 e. The lowest BCUT2D eigenvalue weighted by Gasteiger charge is -2.33. The summed E-state index contributed by atoms with van der Waals surface area (Å²) in [6.45, 7) is 5.42. The normalized spacial score (nSPS) is 26.8. The smallest absolute Gasteiger partial charge is 0.279 e. The lowest BCUT2D eigenvalue weighted by molar-refractivity contribution is 0.265. The van der Waals surface area contributed by atoms with Gasteiger partial charge in [0.2, 0.25) is 0 Å². The van der Waals surface area contributed by atoms with Gasteiger partial charge in [-0.15, -0.1) is 0 Å². The summed E-state index contributed by atoms with van der Waals surface area (Å²) in [7, 11) is -3.28. The maximum Gasteiger partial charge on any atom is 0.279 e. The molecule has 2 fully saturated rings. The van der Waals surface area contributed by atoms with Gasteiger partial charge in [-0.1, -0.05) is 6.92 Å². The molecule has 20 heavy (non-hydrogen) atoms. The van der Waals surface area contributed by atoms with Gasteiger partial charge in [0.05, 0.1) is 0 Å². The minimum absolute atomic E-state index is 0.123. The first-order valence-corrected chi connectivity index (χ1v) is 10.3. The molecule has 0 spiro atoms. The minimum atomic E-state index is -3.28. The quantitative estimate of drug-likeness (QED) is 0.767. The molecule has 7 heteroatoms. The summed E-state index contributed by atoms with van der Waals surface area (Å²) in [4.78, 5) is 0. The molecule has 2 rings (SSSR count). The van der Waals surface area contributed by atoms with E-state index >= 15 is 0 Å². The second-order valence-corrected chi connectivity index (χ2v) is 8.54. The van der Waals surface area contributed by atoms with Gasteiger partial charge in [-0.05, 0) is 50.4 Å². The van der Waals surface area contributed by atoms with E-state index in [1.807, 2.05) is 11.8 Å². The van der Waals surface area contributed by atoms with Crippen LogP contribution in [0.1, 0.15) is 32.6 Å². The largest absolute Gasteiger partial charge is 0.317 e. The van der Waals surface area contributed by atoms with Crippen molar-refractivity contribution in [3.8, 4) is 0 Å². The summed E-state index contributed by atoms with van der Waals surface area (Å²) in [5, 5.41) is 3.35. The third-order valence-corrected chi connectivity index (χ3v) is 6.96. The molecule has 2 N–H and O–H groups in total. The zero-order valence-electron chi connectivity index (χ0n) is 12.3. The molecule has 1 unspecified atom stereocenters. The molecule has 118 valence electrons. The van der Waals surface area contributed by atoms with E-state index in [-0.39, 0.29) is 6.04 Å². The van der Waals surface area contributed by atoms with Crippen molar-refractivity contribution in [2.24, 2.45) is 5.92 Å². The number of nitrogens with zero attached hydrogens (tertiary/aromatic N) is 1. The molecule has 0 bridgehead atoms. The molecule has 5 nitrogen and oxygen atoms in total. The number of hydrogen-bond acceptors (Lipinski definition) is 4. The molecule has 2 aliphatic heterocycles. The topological polar surface area (TPSA) is 61.4 Å². The molecule has 1 atom stereocenters. The summed E-state index contributed by atoms with van der Waals surface area (Å²) in [6.07, 6.45) is 4.02. The second kappa shape index (κ2) is 7.98. The van der Waals surface area contributed by atoms with Gasteiger partial charge in [-0.3, -0.25) is 0 Å². The van der Waals surface area contributed by atoms with Crippen LogP contribution in [-0.4, -0.2) is 56.4 Å². The van der Waals surface area contributed by atoms with Crippen molar-refractivity contribution in [3.63, 3.8) is 0 Å². The Hall–Kier alpha value is 0.180. The van der Waals surface area contributed by atoms with Gasteiger partial charge in [0.15, 0.2) is 0 Å². The van der Waals surface area contributed by atoms with E-state index in [1.165, 1.54) is 0 Å². The molecule has 0 aliphatic carbocycles. The highest BCUT2D eigenvalue weighted by molar-refractivity contribution is 7.99. The molecular weight excluding hydrogens is 294 g/mol. The van der Waals surface area contributed by atoms with Gasteiger partial charge in [-0.2, -0.15) is 29.2 Å². The molecule has 0 aromatic rings. The van der Waals surface area contributed by atoms with Crippen molar-refractivity contribution in [1.82, 2.24) is 14.3 Å². The predicted octanol–water partition coefficient (Wildman–Crippen LogP) is 1.04. The van der Waals surface area contributed by atoms with Crippen molar-refractivity contribution in [3.05, 3.63) is 0 Å². The summed E-state index contributed by atoms with van der Waals surface area (Å²) in [5.41, 5.74) is 0. The molecule has 0 amide bonds. The van der Waals surface area contributed by atoms with E-state index in [9.17, 15) is 8.42 Å². The zero-order valence-corrected chi connectivity index (χ0v) is 13.9. The fourth-order valence-corrected chi connectivity index (χ4v) is 5.46. The number of piperidine rings is 1. The Balaban J connectivity index is 1.79. The van der Waals surface area contributed by atoms with Crippen molar-refractivity contribution < 1.29 is 8.42 Å². The standard InChI is InChI=1S/C13H27N3O2S2/c1-2-14-10-12-5-7-16(8-6-12)20(17,18)15-13-4-3-9-19-11-13/h12-15H,2-11H2,1H3. The van der Waals surface area contributed by atoms with Crippen LogP contribution in [-0.2, 0) is 10.2 Å². The maximum absolute atomic E-state index is 12.4. The highest BCUT2D eigenvalue weighted by atomic mass is 32.2. The Morgan fingerprint density at radius 2 is 2.00 bits per heavy atom. The Morgan fingerprint density at radius 1 is 1.25 bits per heavy atom. The van der Waals surface area contributed by atoms with Crippen LogP contribution in [0.15, 0.2) is 0 Å². The Labute approximate surface area is 127 Å². The van der Waals surface area contributed by atoms with Gasteiger partial charge in [0.1, 0.15) is 0 Å². The van der Waals surface area contributed by atoms with Gasteiger partial charge in [0.25, 0.3) is 10.2 Å².